The molecule has 16 heavy (non-hydrogen) atoms. The van der Waals surface area contributed by atoms with E-state index < -0.39 is 0 Å². The highest BCUT2D eigenvalue weighted by Crippen LogP contribution is 2.21. The summed E-state index contributed by atoms with van der Waals surface area (Å²) in [5.74, 6) is -0.0605. The van der Waals surface area contributed by atoms with Gasteiger partial charge in [0.1, 0.15) is 0 Å². The molecule has 1 aromatic heterocycles. The van der Waals surface area contributed by atoms with Crippen molar-refractivity contribution in [1.82, 2.24) is 10.3 Å². The van der Waals surface area contributed by atoms with Gasteiger partial charge >= 0.3 is 0 Å². The summed E-state index contributed by atoms with van der Waals surface area (Å²) in [6.07, 6.45) is 2.09. The number of fused-ring (bicyclic) bond motifs is 1. The lowest BCUT2D eigenvalue weighted by atomic mass is 10.3. The van der Waals surface area contributed by atoms with Crippen molar-refractivity contribution in [3.05, 3.63) is 29.3 Å². The van der Waals surface area contributed by atoms with Crippen LogP contribution in [0.15, 0.2) is 24.3 Å². The zero-order valence-electron chi connectivity index (χ0n) is 9.19. The maximum atomic E-state index is 11.7. The minimum Gasteiger partial charge on any atom is -0.350 e. The molecule has 0 fully saturated rings. The molecule has 0 bridgehead atoms. The predicted octanol–water partition coefficient (Wildman–Crippen LogP) is 2.83. The van der Waals surface area contributed by atoms with Crippen LogP contribution in [0.2, 0.25) is 0 Å². The van der Waals surface area contributed by atoms with Crippen LogP contribution in [0, 0.1) is 0 Å². The molecule has 84 valence electrons. The van der Waals surface area contributed by atoms with E-state index in [1.165, 1.54) is 11.3 Å². The maximum absolute atomic E-state index is 11.7. The third-order valence-corrected chi connectivity index (χ3v) is 3.34. The molecular formula is C12H14N2OS. The number of rotatable bonds is 4. The number of benzene rings is 1. The molecule has 3 nitrogen and oxygen atoms in total. The number of carbonyl (C=O) groups is 1. The summed E-state index contributed by atoms with van der Waals surface area (Å²) in [6.45, 7) is 2.83. The van der Waals surface area contributed by atoms with Gasteiger partial charge in [0.2, 0.25) is 0 Å². The highest BCUT2D eigenvalue weighted by atomic mass is 32.1. The summed E-state index contributed by atoms with van der Waals surface area (Å²) in [4.78, 5) is 16.0. The molecular weight excluding hydrogens is 220 g/mol. The highest BCUT2D eigenvalue weighted by molar-refractivity contribution is 7.20. The Morgan fingerprint density at radius 3 is 3.00 bits per heavy atom. The Morgan fingerprint density at radius 1 is 1.44 bits per heavy atom. The van der Waals surface area contributed by atoms with Crippen molar-refractivity contribution in [3.63, 3.8) is 0 Å². The van der Waals surface area contributed by atoms with Gasteiger partial charge in [-0.25, -0.2) is 4.98 Å². The molecule has 0 spiro atoms. The lowest BCUT2D eigenvalue weighted by Crippen LogP contribution is -2.24. The molecule has 0 aliphatic carbocycles. The summed E-state index contributed by atoms with van der Waals surface area (Å²) in [7, 11) is 0. The quantitative estimate of drug-likeness (QED) is 0.826. The molecule has 1 N–H and O–H groups in total. The maximum Gasteiger partial charge on any atom is 0.280 e. The van der Waals surface area contributed by atoms with Crippen molar-refractivity contribution in [3.8, 4) is 0 Å². The second kappa shape index (κ2) is 5.07. The van der Waals surface area contributed by atoms with Gasteiger partial charge < -0.3 is 5.32 Å². The lowest BCUT2D eigenvalue weighted by molar-refractivity contribution is 0.0953. The van der Waals surface area contributed by atoms with Crippen molar-refractivity contribution in [2.24, 2.45) is 0 Å². The van der Waals surface area contributed by atoms with E-state index in [1.54, 1.807) is 0 Å². The number of nitrogens with zero attached hydrogens (tertiary/aromatic N) is 1. The first kappa shape index (κ1) is 11.1. The summed E-state index contributed by atoms with van der Waals surface area (Å²) in [5.41, 5.74) is 0.896. The van der Waals surface area contributed by atoms with Crippen LogP contribution in [0.1, 0.15) is 29.6 Å². The third-order valence-electron chi connectivity index (χ3n) is 2.30. The van der Waals surface area contributed by atoms with Crippen molar-refractivity contribution in [2.75, 3.05) is 6.54 Å². The normalized spacial score (nSPS) is 10.6. The van der Waals surface area contributed by atoms with Crippen molar-refractivity contribution < 1.29 is 4.79 Å². The smallest absolute Gasteiger partial charge is 0.280 e. The SMILES string of the molecule is CCCCNC(=O)c1nc2ccccc2s1. The number of aromatic nitrogens is 1. The van der Waals surface area contributed by atoms with Gasteiger partial charge in [-0.05, 0) is 18.6 Å². The highest BCUT2D eigenvalue weighted by Gasteiger charge is 2.10. The largest absolute Gasteiger partial charge is 0.350 e. The van der Waals surface area contributed by atoms with E-state index in [0.29, 0.717) is 5.01 Å². The van der Waals surface area contributed by atoms with E-state index in [4.69, 9.17) is 0 Å². The van der Waals surface area contributed by atoms with Gasteiger partial charge in [-0.15, -0.1) is 11.3 Å². The lowest BCUT2D eigenvalue weighted by Gasteiger charge is -1.99. The average molecular weight is 234 g/mol. The Hall–Kier alpha value is -1.42. The van der Waals surface area contributed by atoms with Crippen molar-refractivity contribution >= 4 is 27.5 Å². The molecule has 1 aromatic carbocycles. The van der Waals surface area contributed by atoms with Crippen LogP contribution < -0.4 is 5.32 Å². The van der Waals surface area contributed by atoms with E-state index in [0.717, 1.165) is 29.6 Å². The van der Waals surface area contributed by atoms with Gasteiger partial charge in [0.25, 0.3) is 5.91 Å². The molecule has 1 heterocycles. The first-order chi connectivity index (χ1) is 7.81. The number of thiazole rings is 1. The Bertz CT molecular complexity index is 459. The van der Waals surface area contributed by atoms with E-state index >= 15 is 0 Å². The summed E-state index contributed by atoms with van der Waals surface area (Å²) >= 11 is 1.44. The van der Waals surface area contributed by atoms with Crippen molar-refractivity contribution in [2.45, 2.75) is 19.8 Å². The van der Waals surface area contributed by atoms with Gasteiger partial charge in [0.05, 0.1) is 10.2 Å². The number of unbranched alkanes of at least 4 members (excludes halogenated alkanes) is 1. The number of hydrogen-bond acceptors (Lipinski definition) is 3. The molecule has 0 unspecified atom stereocenters. The molecule has 0 aliphatic heterocycles. The minimum atomic E-state index is -0.0605. The first-order valence-electron chi connectivity index (χ1n) is 5.45. The number of amides is 1. The van der Waals surface area contributed by atoms with E-state index in [9.17, 15) is 4.79 Å². The van der Waals surface area contributed by atoms with Crippen LogP contribution in [-0.2, 0) is 0 Å². The Kier molecular flexibility index (Phi) is 3.51. The fourth-order valence-electron chi connectivity index (χ4n) is 1.42. The van der Waals surface area contributed by atoms with Crippen LogP contribution in [0.5, 0.6) is 0 Å². The summed E-state index contributed by atoms with van der Waals surface area (Å²) in [6, 6.07) is 7.80. The molecule has 0 radical (unpaired) electrons. The number of carbonyl (C=O) groups excluding carboxylic acids is 1. The first-order valence-corrected chi connectivity index (χ1v) is 6.26. The molecule has 2 rings (SSSR count). The summed E-state index contributed by atoms with van der Waals surface area (Å²) in [5, 5.41) is 3.42. The standard InChI is InChI=1S/C12H14N2OS/c1-2-3-8-13-11(15)12-14-9-6-4-5-7-10(9)16-12/h4-7H,2-3,8H2,1H3,(H,13,15). The molecule has 2 aromatic rings. The second-order valence-electron chi connectivity index (χ2n) is 3.60. The Labute approximate surface area is 98.5 Å². The molecule has 0 saturated carbocycles. The van der Waals surface area contributed by atoms with Crippen molar-refractivity contribution in [1.29, 1.82) is 0 Å². The second-order valence-corrected chi connectivity index (χ2v) is 4.63. The van der Waals surface area contributed by atoms with Gasteiger partial charge in [0.15, 0.2) is 5.01 Å². The van der Waals surface area contributed by atoms with E-state index in [-0.39, 0.29) is 5.91 Å². The third kappa shape index (κ3) is 2.39. The summed E-state index contributed by atoms with van der Waals surface area (Å²) < 4.78 is 1.06. The Balaban J connectivity index is 2.11. The van der Waals surface area contributed by atoms with Gasteiger partial charge in [0, 0.05) is 6.54 Å². The number of para-hydroxylation sites is 1. The topological polar surface area (TPSA) is 42.0 Å². The molecule has 1 amide bonds. The number of hydrogen-bond donors (Lipinski definition) is 1. The van der Waals surface area contributed by atoms with Gasteiger partial charge in [-0.3, -0.25) is 4.79 Å². The van der Waals surface area contributed by atoms with Crippen LogP contribution in [0.3, 0.4) is 0 Å². The van der Waals surface area contributed by atoms with Gasteiger partial charge in [-0.2, -0.15) is 0 Å². The Morgan fingerprint density at radius 2 is 2.25 bits per heavy atom. The molecule has 0 saturated heterocycles. The molecule has 4 heteroatoms. The van der Waals surface area contributed by atoms with Gasteiger partial charge in [-0.1, -0.05) is 25.5 Å². The predicted molar refractivity (Wildman–Crippen MR) is 66.9 cm³/mol. The monoisotopic (exact) mass is 234 g/mol. The minimum absolute atomic E-state index is 0.0605. The number of nitrogens with one attached hydrogen (secondary N) is 1. The van der Waals surface area contributed by atoms with Crippen LogP contribution in [-0.4, -0.2) is 17.4 Å². The fraction of sp³-hybridized carbons (Fsp3) is 0.333. The van der Waals surface area contributed by atoms with Crippen LogP contribution in [0.4, 0.5) is 0 Å². The molecule has 0 aliphatic rings. The molecule has 0 atom stereocenters. The van der Waals surface area contributed by atoms with Crippen LogP contribution >= 0.6 is 11.3 Å². The zero-order valence-corrected chi connectivity index (χ0v) is 10.0. The van der Waals surface area contributed by atoms with E-state index in [1.807, 2.05) is 24.3 Å². The van der Waals surface area contributed by atoms with Crippen LogP contribution in [0.25, 0.3) is 10.2 Å². The average Bonchev–Trinajstić information content (AvgIpc) is 2.73. The fourth-order valence-corrected chi connectivity index (χ4v) is 2.31. The van der Waals surface area contributed by atoms with E-state index in [2.05, 4.69) is 17.2 Å². The zero-order chi connectivity index (χ0) is 11.4.